The molecule has 1 aliphatic carbocycles. The molecule has 0 radical (unpaired) electrons. The van der Waals surface area contributed by atoms with E-state index in [1.807, 2.05) is 11.0 Å². The minimum Gasteiger partial charge on any atom is -0.349 e. The van der Waals surface area contributed by atoms with Crippen molar-refractivity contribution in [2.75, 3.05) is 29.6 Å². The van der Waals surface area contributed by atoms with Crippen LogP contribution in [0.1, 0.15) is 36.9 Å². The van der Waals surface area contributed by atoms with Crippen molar-refractivity contribution in [2.45, 2.75) is 38.3 Å². The van der Waals surface area contributed by atoms with E-state index in [4.69, 9.17) is 0 Å². The molecular formula is C26H27N3O. The minimum absolute atomic E-state index is 0.124. The predicted octanol–water partition coefficient (Wildman–Crippen LogP) is 4.73. The average molecular weight is 398 g/mol. The molecule has 152 valence electrons. The summed E-state index contributed by atoms with van der Waals surface area (Å²) in [5, 5.41) is 2.86. The standard InChI is InChI=1S/C26H27N3O/c1-18(30)28-17-29(24-11-3-2-10-23(24)28)21-12-14-27(15-13-21)25-16-20-8-4-6-19-7-5-9-22(25)26(19)20/h2-11,21,25H,12-17H2,1H3/t25-/m1/s1. The number of fused-ring (bicyclic) bond motifs is 1. The summed E-state index contributed by atoms with van der Waals surface area (Å²) in [7, 11) is 0. The monoisotopic (exact) mass is 397 g/mol. The first-order valence-electron chi connectivity index (χ1n) is 11.1. The van der Waals surface area contributed by atoms with E-state index in [-0.39, 0.29) is 5.91 Å². The number of anilines is 2. The van der Waals surface area contributed by atoms with E-state index in [0.29, 0.717) is 18.8 Å². The molecule has 2 aliphatic heterocycles. The van der Waals surface area contributed by atoms with Gasteiger partial charge in [0.1, 0.15) is 0 Å². The van der Waals surface area contributed by atoms with Crippen molar-refractivity contribution in [2.24, 2.45) is 0 Å². The van der Waals surface area contributed by atoms with Gasteiger partial charge in [0.2, 0.25) is 5.91 Å². The van der Waals surface area contributed by atoms with Gasteiger partial charge in [-0.25, -0.2) is 0 Å². The SMILES string of the molecule is CC(=O)N1CN(C2CCN([C@@H]3Cc4cccc5cccc3c45)CC2)c2ccccc21. The molecule has 0 N–H and O–H groups in total. The number of para-hydroxylation sites is 2. The summed E-state index contributed by atoms with van der Waals surface area (Å²) in [6, 6.07) is 22.9. The molecule has 3 aliphatic rings. The van der Waals surface area contributed by atoms with Gasteiger partial charge in [0, 0.05) is 32.1 Å². The first-order chi connectivity index (χ1) is 14.7. The van der Waals surface area contributed by atoms with E-state index < -0.39 is 0 Å². The van der Waals surface area contributed by atoms with E-state index in [1.54, 1.807) is 6.92 Å². The van der Waals surface area contributed by atoms with Gasteiger partial charge in [-0.1, -0.05) is 48.5 Å². The molecule has 4 heteroatoms. The highest BCUT2D eigenvalue weighted by Gasteiger charge is 2.37. The molecular weight excluding hydrogens is 370 g/mol. The van der Waals surface area contributed by atoms with Crippen LogP contribution in [0, 0.1) is 0 Å². The molecule has 4 nitrogen and oxygen atoms in total. The van der Waals surface area contributed by atoms with Crippen LogP contribution in [0.4, 0.5) is 11.4 Å². The smallest absolute Gasteiger partial charge is 0.225 e. The van der Waals surface area contributed by atoms with Crippen molar-refractivity contribution in [3.8, 4) is 0 Å². The lowest BCUT2D eigenvalue weighted by Crippen LogP contribution is -2.47. The number of hydrogen-bond acceptors (Lipinski definition) is 3. The van der Waals surface area contributed by atoms with Crippen molar-refractivity contribution in [3.63, 3.8) is 0 Å². The van der Waals surface area contributed by atoms with Crippen molar-refractivity contribution >= 4 is 28.1 Å². The summed E-state index contributed by atoms with van der Waals surface area (Å²) in [4.78, 5) is 19.2. The summed E-state index contributed by atoms with van der Waals surface area (Å²) in [5.41, 5.74) is 5.28. The van der Waals surface area contributed by atoms with Crippen LogP contribution in [0.3, 0.4) is 0 Å². The quantitative estimate of drug-likeness (QED) is 0.625. The highest BCUT2D eigenvalue weighted by atomic mass is 16.2. The Morgan fingerprint density at radius 1 is 0.900 bits per heavy atom. The normalized spacial score (nSPS) is 21.4. The number of piperidine rings is 1. The van der Waals surface area contributed by atoms with Gasteiger partial charge in [0.15, 0.2) is 0 Å². The van der Waals surface area contributed by atoms with E-state index >= 15 is 0 Å². The molecule has 1 fully saturated rings. The van der Waals surface area contributed by atoms with Crippen LogP contribution in [0.2, 0.25) is 0 Å². The van der Waals surface area contributed by atoms with Crippen molar-refractivity contribution < 1.29 is 4.79 Å². The average Bonchev–Trinajstić information content (AvgIpc) is 3.35. The Morgan fingerprint density at radius 2 is 1.63 bits per heavy atom. The van der Waals surface area contributed by atoms with Crippen LogP contribution in [0.15, 0.2) is 60.7 Å². The zero-order valence-corrected chi connectivity index (χ0v) is 17.4. The number of amides is 1. The van der Waals surface area contributed by atoms with E-state index in [2.05, 4.69) is 64.4 Å². The highest BCUT2D eigenvalue weighted by Crippen LogP contribution is 2.43. The maximum Gasteiger partial charge on any atom is 0.225 e. The lowest BCUT2D eigenvalue weighted by Gasteiger charge is -2.40. The lowest BCUT2D eigenvalue weighted by molar-refractivity contribution is -0.116. The molecule has 6 rings (SSSR count). The van der Waals surface area contributed by atoms with Gasteiger partial charge in [-0.3, -0.25) is 14.6 Å². The van der Waals surface area contributed by atoms with Crippen LogP contribution < -0.4 is 9.80 Å². The third-order valence-electron chi connectivity index (χ3n) is 7.33. The first-order valence-corrected chi connectivity index (χ1v) is 11.1. The zero-order chi connectivity index (χ0) is 20.2. The van der Waals surface area contributed by atoms with Crippen LogP contribution in [-0.4, -0.2) is 36.6 Å². The minimum atomic E-state index is 0.124. The highest BCUT2D eigenvalue weighted by molar-refractivity contribution is 5.98. The molecule has 3 aromatic carbocycles. The molecule has 0 unspecified atom stereocenters. The van der Waals surface area contributed by atoms with Gasteiger partial charge >= 0.3 is 0 Å². The van der Waals surface area contributed by atoms with Crippen molar-refractivity contribution in [1.29, 1.82) is 0 Å². The summed E-state index contributed by atoms with van der Waals surface area (Å²) in [6.45, 7) is 4.58. The number of likely N-dealkylation sites (tertiary alicyclic amines) is 1. The Kier molecular flexibility index (Phi) is 4.10. The topological polar surface area (TPSA) is 26.8 Å². The number of rotatable bonds is 2. The third-order valence-corrected chi connectivity index (χ3v) is 7.33. The lowest BCUT2D eigenvalue weighted by atomic mass is 9.98. The molecule has 0 bridgehead atoms. The Labute approximate surface area is 177 Å². The molecule has 0 aromatic heterocycles. The number of hydrogen-bond donors (Lipinski definition) is 0. The Bertz CT molecular complexity index is 1130. The molecule has 0 spiro atoms. The van der Waals surface area contributed by atoms with Crippen LogP contribution >= 0.6 is 0 Å². The Hall–Kier alpha value is -2.85. The summed E-state index contributed by atoms with van der Waals surface area (Å²) >= 11 is 0. The van der Waals surface area contributed by atoms with E-state index in [1.165, 1.54) is 27.6 Å². The molecule has 30 heavy (non-hydrogen) atoms. The fourth-order valence-corrected chi connectivity index (χ4v) is 5.87. The van der Waals surface area contributed by atoms with Crippen molar-refractivity contribution in [1.82, 2.24) is 4.90 Å². The van der Waals surface area contributed by atoms with Crippen molar-refractivity contribution in [3.05, 3.63) is 71.8 Å². The molecule has 3 aromatic rings. The van der Waals surface area contributed by atoms with E-state index in [9.17, 15) is 4.79 Å². The largest absolute Gasteiger partial charge is 0.349 e. The molecule has 1 saturated heterocycles. The van der Waals surface area contributed by atoms with Gasteiger partial charge in [0.25, 0.3) is 0 Å². The number of carbonyl (C=O) groups is 1. The fourth-order valence-electron chi connectivity index (χ4n) is 5.87. The van der Waals surface area contributed by atoms with E-state index in [0.717, 1.165) is 38.0 Å². The number of benzene rings is 3. The summed E-state index contributed by atoms with van der Waals surface area (Å²) < 4.78 is 0. The number of nitrogens with zero attached hydrogens (tertiary/aromatic N) is 3. The molecule has 0 saturated carbocycles. The number of carbonyl (C=O) groups excluding carboxylic acids is 1. The van der Waals surface area contributed by atoms with Crippen LogP contribution in [-0.2, 0) is 11.2 Å². The summed E-state index contributed by atoms with van der Waals surface area (Å²) in [5.74, 6) is 0.124. The molecule has 2 heterocycles. The Morgan fingerprint density at radius 3 is 2.40 bits per heavy atom. The Balaban J connectivity index is 1.21. The van der Waals surface area contributed by atoms with Crippen LogP contribution in [0.5, 0.6) is 0 Å². The van der Waals surface area contributed by atoms with Gasteiger partial charge in [-0.2, -0.15) is 0 Å². The van der Waals surface area contributed by atoms with Crippen LogP contribution in [0.25, 0.3) is 10.8 Å². The second kappa shape index (κ2) is 6.85. The first kappa shape index (κ1) is 18.0. The zero-order valence-electron chi connectivity index (χ0n) is 17.4. The predicted molar refractivity (Wildman–Crippen MR) is 122 cm³/mol. The molecule has 1 atom stereocenters. The van der Waals surface area contributed by atoms with Gasteiger partial charge in [0.05, 0.1) is 18.0 Å². The van der Waals surface area contributed by atoms with Gasteiger partial charge in [-0.05, 0) is 53.3 Å². The fraction of sp³-hybridized carbons (Fsp3) is 0.346. The van der Waals surface area contributed by atoms with Gasteiger partial charge < -0.3 is 4.90 Å². The second-order valence-corrected chi connectivity index (χ2v) is 8.90. The molecule has 1 amide bonds. The maximum atomic E-state index is 12.2. The maximum absolute atomic E-state index is 12.2. The second-order valence-electron chi connectivity index (χ2n) is 8.90. The summed E-state index contributed by atoms with van der Waals surface area (Å²) in [6.07, 6.45) is 3.41. The van der Waals surface area contributed by atoms with Gasteiger partial charge in [-0.15, -0.1) is 0 Å². The third kappa shape index (κ3) is 2.67.